The number of esters is 1. The Balaban J connectivity index is 2.58. The lowest BCUT2D eigenvalue weighted by Gasteiger charge is -2.35. The number of ether oxygens (including phenoxy) is 2. The van der Waals surface area contributed by atoms with Gasteiger partial charge in [-0.1, -0.05) is 29.8 Å². The molecular formula is C19H25NO6. The minimum atomic E-state index is -1.53. The molecule has 1 aliphatic heterocycles. The molecule has 1 fully saturated rings. The molecule has 2 rings (SSSR count). The minimum absolute atomic E-state index is 0.0187. The zero-order valence-electron chi connectivity index (χ0n) is 15.5. The van der Waals surface area contributed by atoms with E-state index in [4.69, 9.17) is 9.47 Å². The molecule has 1 amide bonds. The molecule has 1 heterocycles. The van der Waals surface area contributed by atoms with Crippen molar-refractivity contribution in [2.24, 2.45) is 5.92 Å². The average molecular weight is 363 g/mol. The van der Waals surface area contributed by atoms with Crippen molar-refractivity contribution in [3.05, 3.63) is 35.4 Å². The van der Waals surface area contributed by atoms with Crippen LogP contribution < -0.4 is 0 Å². The topological polar surface area (TPSA) is 93.1 Å². The summed E-state index contributed by atoms with van der Waals surface area (Å²) in [4.78, 5) is 38.6. The largest absolute Gasteiger partial charge is 0.480 e. The van der Waals surface area contributed by atoms with Crippen LogP contribution >= 0.6 is 0 Å². The molecule has 0 bridgehead atoms. The number of benzene rings is 1. The number of methoxy groups -OCH3 is 1. The van der Waals surface area contributed by atoms with E-state index in [1.165, 1.54) is 18.9 Å². The van der Waals surface area contributed by atoms with Gasteiger partial charge in [-0.15, -0.1) is 0 Å². The van der Waals surface area contributed by atoms with Gasteiger partial charge in [0.05, 0.1) is 18.6 Å². The highest BCUT2D eigenvalue weighted by Gasteiger charge is 2.58. The van der Waals surface area contributed by atoms with Crippen molar-refractivity contribution >= 4 is 17.8 Å². The van der Waals surface area contributed by atoms with Crippen LogP contribution in [0.25, 0.3) is 0 Å². The number of amides is 1. The Hall–Kier alpha value is -2.41. The first-order chi connectivity index (χ1) is 12.3. The summed E-state index contributed by atoms with van der Waals surface area (Å²) in [5.74, 6) is -2.90. The number of hydrogen-bond acceptors (Lipinski definition) is 5. The number of carboxylic acid groups (broad SMARTS) is 1. The van der Waals surface area contributed by atoms with Gasteiger partial charge in [0.15, 0.2) is 0 Å². The van der Waals surface area contributed by atoms with Gasteiger partial charge in [-0.2, -0.15) is 0 Å². The van der Waals surface area contributed by atoms with Crippen molar-refractivity contribution in [1.82, 2.24) is 4.90 Å². The maximum absolute atomic E-state index is 12.7. The SMILES string of the molecule is CCOC(=O)C1CC(C)(C(=O)O)N(C(=O)COC)C1c1ccc(C)cc1. The van der Waals surface area contributed by atoms with Gasteiger partial charge in [-0.3, -0.25) is 9.59 Å². The lowest BCUT2D eigenvalue weighted by Crippen LogP contribution is -2.52. The number of carboxylic acids is 1. The number of aryl methyl sites for hydroxylation is 1. The van der Waals surface area contributed by atoms with Gasteiger partial charge in [0, 0.05) is 7.11 Å². The Morgan fingerprint density at radius 3 is 2.38 bits per heavy atom. The maximum Gasteiger partial charge on any atom is 0.329 e. The molecule has 0 spiro atoms. The van der Waals surface area contributed by atoms with Crippen LogP contribution in [0.1, 0.15) is 37.4 Å². The predicted octanol–water partition coefficient (Wildman–Crippen LogP) is 1.94. The summed E-state index contributed by atoms with van der Waals surface area (Å²) in [6.07, 6.45) is -0.0187. The van der Waals surface area contributed by atoms with Crippen molar-refractivity contribution in [1.29, 1.82) is 0 Å². The van der Waals surface area contributed by atoms with E-state index in [1.807, 2.05) is 31.2 Å². The van der Waals surface area contributed by atoms with Crippen LogP contribution in [0.4, 0.5) is 0 Å². The summed E-state index contributed by atoms with van der Waals surface area (Å²) in [6.45, 7) is 5.00. The van der Waals surface area contributed by atoms with Gasteiger partial charge in [-0.25, -0.2) is 4.79 Å². The minimum Gasteiger partial charge on any atom is -0.480 e. The van der Waals surface area contributed by atoms with Crippen molar-refractivity contribution in [2.45, 2.75) is 38.8 Å². The van der Waals surface area contributed by atoms with Gasteiger partial charge in [0.25, 0.3) is 0 Å². The van der Waals surface area contributed by atoms with Crippen LogP contribution in [0.3, 0.4) is 0 Å². The zero-order chi connectivity index (χ0) is 19.5. The fourth-order valence-corrected chi connectivity index (χ4v) is 3.55. The van der Waals surface area contributed by atoms with Gasteiger partial charge < -0.3 is 19.5 Å². The summed E-state index contributed by atoms with van der Waals surface area (Å²) in [5, 5.41) is 9.81. The highest BCUT2D eigenvalue weighted by Crippen LogP contribution is 2.47. The highest BCUT2D eigenvalue weighted by molar-refractivity contribution is 5.91. The van der Waals surface area contributed by atoms with Crippen molar-refractivity contribution in [2.75, 3.05) is 20.3 Å². The van der Waals surface area contributed by atoms with E-state index in [2.05, 4.69) is 0 Å². The van der Waals surface area contributed by atoms with Crippen molar-refractivity contribution in [3.8, 4) is 0 Å². The maximum atomic E-state index is 12.7. The van der Waals surface area contributed by atoms with E-state index >= 15 is 0 Å². The lowest BCUT2D eigenvalue weighted by molar-refractivity contribution is -0.159. The molecule has 0 aromatic heterocycles. The van der Waals surface area contributed by atoms with Gasteiger partial charge in [0.1, 0.15) is 12.1 Å². The van der Waals surface area contributed by atoms with Crippen LogP contribution in [0.15, 0.2) is 24.3 Å². The van der Waals surface area contributed by atoms with Gasteiger partial charge in [-0.05, 0) is 32.8 Å². The van der Waals surface area contributed by atoms with Crippen molar-refractivity contribution < 1.29 is 29.0 Å². The molecule has 1 saturated heterocycles. The number of carbonyl (C=O) groups is 3. The molecule has 3 unspecified atom stereocenters. The fourth-order valence-electron chi connectivity index (χ4n) is 3.55. The second-order valence-electron chi connectivity index (χ2n) is 6.69. The number of likely N-dealkylation sites (tertiary alicyclic amines) is 1. The quantitative estimate of drug-likeness (QED) is 0.777. The third-order valence-electron chi connectivity index (χ3n) is 4.81. The number of hydrogen-bond donors (Lipinski definition) is 1. The molecule has 1 aromatic carbocycles. The first-order valence-corrected chi connectivity index (χ1v) is 8.54. The van der Waals surface area contributed by atoms with Crippen LogP contribution in [0, 0.1) is 12.8 Å². The van der Waals surface area contributed by atoms with E-state index in [0.717, 1.165) is 5.56 Å². The predicted molar refractivity (Wildman–Crippen MR) is 93.4 cm³/mol. The van der Waals surface area contributed by atoms with Gasteiger partial charge in [0.2, 0.25) is 5.91 Å². The van der Waals surface area contributed by atoms with Crippen LogP contribution in [-0.4, -0.2) is 53.7 Å². The first kappa shape index (κ1) is 19.9. The van der Waals surface area contributed by atoms with Crippen molar-refractivity contribution in [3.63, 3.8) is 0 Å². The summed E-state index contributed by atoms with van der Waals surface area (Å²) in [5.41, 5.74) is 0.195. The summed E-state index contributed by atoms with van der Waals surface area (Å²) >= 11 is 0. The lowest BCUT2D eigenvalue weighted by atomic mass is 9.90. The molecule has 7 heteroatoms. The second-order valence-corrected chi connectivity index (χ2v) is 6.69. The molecule has 26 heavy (non-hydrogen) atoms. The molecule has 1 aromatic rings. The third-order valence-corrected chi connectivity index (χ3v) is 4.81. The zero-order valence-corrected chi connectivity index (χ0v) is 15.5. The van der Waals surface area contributed by atoms with Gasteiger partial charge >= 0.3 is 11.9 Å². The third kappa shape index (κ3) is 3.58. The molecular weight excluding hydrogens is 338 g/mol. The Bertz CT molecular complexity index is 686. The molecule has 0 aliphatic carbocycles. The summed E-state index contributed by atoms with van der Waals surface area (Å²) in [7, 11) is 1.37. The smallest absolute Gasteiger partial charge is 0.329 e. The molecule has 0 saturated carbocycles. The average Bonchev–Trinajstić information content (AvgIpc) is 2.91. The number of nitrogens with zero attached hydrogens (tertiary/aromatic N) is 1. The highest BCUT2D eigenvalue weighted by atomic mass is 16.5. The van der Waals surface area contributed by atoms with E-state index < -0.39 is 35.3 Å². The van der Waals surface area contributed by atoms with Crippen LogP contribution in [0.5, 0.6) is 0 Å². The summed E-state index contributed by atoms with van der Waals surface area (Å²) in [6, 6.07) is 6.64. The monoisotopic (exact) mass is 363 g/mol. The molecule has 3 atom stereocenters. The molecule has 1 N–H and O–H groups in total. The Kier molecular flexibility index (Phi) is 6.02. The number of rotatable bonds is 6. The number of carbonyl (C=O) groups excluding carboxylic acids is 2. The second kappa shape index (κ2) is 7.86. The normalized spacial score (nSPS) is 25.2. The van der Waals surface area contributed by atoms with E-state index in [1.54, 1.807) is 6.92 Å². The van der Waals surface area contributed by atoms with Crippen LogP contribution in [-0.2, 0) is 23.9 Å². The Morgan fingerprint density at radius 2 is 1.88 bits per heavy atom. The molecule has 1 aliphatic rings. The van der Waals surface area contributed by atoms with E-state index in [0.29, 0.717) is 5.56 Å². The Morgan fingerprint density at radius 1 is 1.27 bits per heavy atom. The Labute approximate surface area is 152 Å². The number of aliphatic carboxylic acids is 1. The van der Waals surface area contributed by atoms with E-state index in [-0.39, 0.29) is 19.6 Å². The fraction of sp³-hybridized carbons (Fsp3) is 0.526. The molecule has 0 radical (unpaired) electrons. The summed E-state index contributed by atoms with van der Waals surface area (Å²) < 4.78 is 10.1. The molecule has 7 nitrogen and oxygen atoms in total. The first-order valence-electron chi connectivity index (χ1n) is 8.54. The van der Waals surface area contributed by atoms with Crippen LogP contribution in [0.2, 0.25) is 0 Å². The standard InChI is InChI=1S/C19H25NO6/c1-5-26-17(22)14-10-19(3,18(23)24)20(15(21)11-25-4)16(14)13-8-6-12(2)7-9-13/h6-9,14,16H,5,10-11H2,1-4H3,(H,23,24). The van der Waals surface area contributed by atoms with E-state index in [9.17, 15) is 19.5 Å². The molecule has 142 valence electrons.